The lowest BCUT2D eigenvalue weighted by atomic mass is 9.94. The molecular weight excluding hydrogens is 340 g/mol. The molecule has 0 saturated carbocycles. The van der Waals surface area contributed by atoms with Gasteiger partial charge in [0.15, 0.2) is 0 Å². The first-order valence-electron chi connectivity index (χ1n) is 8.56. The normalized spacial score (nSPS) is 11.3. The molecule has 2 heteroatoms. The highest BCUT2D eigenvalue weighted by Gasteiger charge is 2.15. The van der Waals surface area contributed by atoms with E-state index in [-0.39, 0.29) is 0 Å². The molecule has 1 nitrogen and oxygen atoms in total. The first-order valence-corrected chi connectivity index (χ1v) is 8.94. The number of halogens is 1. The van der Waals surface area contributed by atoms with Crippen LogP contribution < -0.4 is 0 Å². The second-order valence-corrected chi connectivity index (χ2v) is 6.81. The van der Waals surface area contributed by atoms with Gasteiger partial charge < -0.3 is 4.42 Å². The Morgan fingerprint density at radius 2 is 1.27 bits per heavy atom. The summed E-state index contributed by atoms with van der Waals surface area (Å²) in [5.74, 6) is 0. The van der Waals surface area contributed by atoms with Gasteiger partial charge >= 0.3 is 0 Å². The minimum absolute atomic E-state index is 0.682. The molecule has 5 rings (SSSR count). The van der Waals surface area contributed by atoms with Gasteiger partial charge in [-0.3, -0.25) is 0 Å². The molecule has 0 amide bonds. The van der Waals surface area contributed by atoms with Gasteiger partial charge in [0.05, 0.1) is 0 Å². The molecule has 0 saturated heterocycles. The highest BCUT2D eigenvalue weighted by Crippen LogP contribution is 2.40. The van der Waals surface area contributed by atoms with Crippen molar-refractivity contribution in [3.63, 3.8) is 0 Å². The molecule has 26 heavy (non-hydrogen) atoms. The molecule has 0 N–H and O–H groups in total. The lowest BCUT2D eigenvalue weighted by Gasteiger charge is -2.08. The summed E-state index contributed by atoms with van der Waals surface area (Å²) in [6, 6.07) is 31.0. The smallest absolute Gasteiger partial charge is 0.136 e. The van der Waals surface area contributed by atoms with Crippen LogP contribution in [-0.4, -0.2) is 0 Å². The number of fused-ring (bicyclic) bond motifs is 3. The van der Waals surface area contributed by atoms with E-state index in [9.17, 15) is 0 Å². The Hall–Kier alpha value is -3.03. The molecule has 1 heterocycles. The van der Waals surface area contributed by atoms with Crippen LogP contribution >= 0.6 is 11.6 Å². The first kappa shape index (κ1) is 15.2. The van der Waals surface area contributed by atoms with Gasteiger partial charge in [-0.05, 0) is 46.5 Å². The van der Waals surface area contributed by atoms with Gasteiger partial charge in [0, 0.05) is 21.9 Å². The largest absolute Gasteiger partial charge is 0.456 e. The average molecular weight is 355 g/mol. The molecule has 0 spiro atoms. The van der Waals surface area contributed by atoms with Crippen LogP contribution in [0.5, 0.6) is 0 Å². The minimum Gasteiger partial charge on any atom is -0.456 e. The fourth-order valence-corrected chi connectivity index (χ4v) is 3.68. The van der Waals surface area contributed by atoms with Crippen LogP contribution in [0, 0.1) is 0 Å². The third-order valence-electron chi connectivity index (χ3n) is 4.73. The molecule has 5 aromatic rings. The number of hydrogen-bond donors (Lipinski definition) is 0. The van der Waals surface area contributed by atoms with Gasteiger partial charge in [0.1, 0.15) is 11.2 Å². The van der Waals surface area contributed by atoms with Gasteiger partial charge in [-0.15, -0.1) is 0 Å². The van der Waals surface area contributed by atoms with E-state index in [1.54, 1.807) is 0 Å². The highest BCUT2D eigenvalue weighted by molar-refractivity contribution is 6.31. The third kappa shape index (κ3) is 2.49. The van der Waals surface area contributed by atoms with E-state index in [0.29, 0.717) is 5.02 Å². The van der Waals surface area contributed by atoms with Crippen molar-refractivity contribution in [2.75, 3.05) is 0 Å². The van der Waals surface area contributed by atoms with E-state index in [1.807, 2.05) is 30.3 Å². The zero-order valence-corrected chi connectivity index (χ0v) is 14.7. The molecule has 0 aliphatic carbocycles. The standard InChI is InChI=1S/C24H15ClO/c25-19-11-12-20-22(15-19)26-23-14-18(16-7-3-1-4-8-16)13-21(24(20)23)17-9-5-2-6-10-17/h1-15H. The van der Waals surface area contributed by atoms with Gasteiger partial charge in [-0.1, -0.05) is 72.3 Å². The maximum atomic E-state index is 6.17. The highest BCUT2D eigenvalue weighted by atomic mass is 35.5. The maximum Gasteiger partial charge on any atom is 0.136 e. The van der Waals surface area contributed by atoms with Gasteiger partial charge in [0.2, 0.25) is 0 Å². The Morgan fingerprint density at radius 1 is 0.577 bits per heavy atom. The zero-order valence-electron chi connectivity index (χ0n) is 13.9. The second-order valence-electron chi connectivity index (χ2n) is 6.37. The summed E-state index contributed by atoms with van der Waals surface area (Å²) in [5.41, 5.74) is 6.35. The summed E-state index contributed by atoms with van der Waals surface area (Å²) in [4.78, 5) is 0. The van der Waals surface area contributed by atoms with Crippen LogP contribution in [0.25, 0.3) is 44.2 Å². The molecule has 0 atom stereocenters. The van der Waals surface area contributed by atoms with Crippen LogP contribution in [0.1, 0.15) is 0 Å². The summed E-state index contributed by atoms with van der Waals surface area (Å²) in [7, 11) is 0. The summed E-state index contributed by atoms with van der Waals surface area (Å²) in [5, 5.41) is 2.89. The number of rotatable bonds is 2. The summed E-state index contributed by atoms with van der Waals surface area (Å²) in [6.45, 7) is 0. The van der Waals surface area contributed by atoms with E-state index in [2.05, 4.69) is 60.7 Å². The Morgan fingerprint density at radius 3 is 2.00 bits per heavy atom. The monoisotopic (exact) mass is 354 g/mol. The van der Waals surface area contributed by atoms with E-state index < -0.39 is 0 Å². The molecule has 1 aromatic heterocycles. The Labute approximate surface area is 156 Å². The first-order chi connectivity index (χ1) is 12.8. The van der Waals surface area contributed by atoms with Crippen molar-refractivity contribution >= 4 is 33.5 Å². The van der Waals surface area contributed by atoms with Crippen molar-refractivity contribution < 1.29 is 4.42 Å². The fraction of sp³-hybridized carbons (Fsp3) is 0. The van der Waals surface area contributed by atoms with E-state index in [4.69, 9.17) is 16.0 Å². The van der Waals surface area contributed by atoms with Crippen LogP contribution in [0.3, 0.4) is 0 Å². The molecular formula is C24H15ClO. The predicted molar refractivity (Wildman–Crippen MR) is 110 cm³/mol. The SMILES string of the molecule is Clc1ccc2c(c1)oc1cc(-c3ccccc3)cc(-c3ccccc3)c12. The van der Waals surface area contributed by atoms with Crippen LogP contribution in [0.4, 0.5) is 0 Å². The lowest BCUT2D eigenvalue weighted by Crippen LogP contribution is -1.83. The molecule has 4 aromatic carbocycles. The van der Waals surface area contributed by atoms with Crippen molar-refractivity contribution in [2.24, 2.45) is 0 Å². The van der Waals surface area contributed by atoms with Gasteiger partial charge in [-0.25, -0.2) is 0 Å². The maximum absolute atomic E-state index is 6.17. The summed E-state index contributed by atoms with van der Waals surface area (Å²) >= 11 is 6.17. The van der Waals surface area contributed by atoms with Crippen LogP contribution in [-0.2, 0) is 0 Å². The van der Waals surface area contributed by atoms with E-state index in [0.717, 1.165) is 27.5 Å². The summed E-state index contributed by atoms with van der Waals surface area (Å²) in [6.07, 6.45) is 0. The Bertz CT molecular complexity index is 1220. The third-order valence-corrected chi connectivity index (χ3v) is 4.96. The number of hydrogen-bond acceptors (Lipinski definition) is 1. The predicted octanol–water partition coefficient (Wildman–Crippen LogP) is 7.57. The number of furan rings is 1. The topological polar surface area (TPSA) is 13.1 Å². The molecule has 0 radical (unpaired) electrons. The van der Waals surface area contributed by atoms with Crippen LogP contribution in [0.15, 0.2) is 95.4 Å². The van der Waals surface area contributed by atoms with Crippen molar-refractivity contribution in [3.05, 3.63) is 96.0 Å². The Balaban J connectivity index is 1.90. The number of benzene rings is 4. The van der Waals surface area contributed by atoms with Gasteiger partial charge in [0.25, 0.3) is 0 Å². The van der Waals surface area contributed by atoms with Crippen molar-refractivity contribution in [1.82, 2.24) is 0 Å². The van der Waals surface area contributed by atoms with Crippen molar-refractivity contribution in [3.8, 4) is 22.3 Å². The average Bonchev–Trinajstić information content (AvgIpc) is 3.06. The second kappa shape index (κ2) is 6.05. The van der Waals surface area contributed by atoms with Gasteiger partial charge in [-0.2, -0.15) is 0 Å². The van der Waals surface area contributed by atoms with Crippen LogP contribution in [0.2, 0.25) is 5.02 Å². The quantitative estimate of drug-likeness (QED) is 0.318. The lowest BCUT2D eigenvalue weighted by molar-refractivity contribution is 0.669. The Kier molecular flexibility index (Phi) is 3.55. The molecule has 0 unspecified atom stereocenters. The van der Waals surface area contributed by atoms with E-state index >= 15 is 0 Å². The fourth-order valence-electron chi connectivity index (χ4n) is 3.52. The molecule has 0 aliphatic heterocycles. The van der Waals surface area contributed by atoms with E-state index in [1.165, 1.54) is 16.7 Å². The molecule has 0 bridgehead atoms. The molecule has 124 valence electrons. The minimum atomic E-state index is 0.682. The molecule has 0 aliphatic rings. The molecule has 0 fully saturated rings. The summed E-state index contributed by atoms with van der Waals surface area (Å²) < 4.78 is 6.17. The van der Waals surface area contributed by atoms with Crippen molar-refractivity contribution in [1.29, 1.82) is 0 Å². The zero-order chi connectivity index (χ0) is 17.5. The van der Waals surface area contributed by atoms with Crippen molar-refractivity contribution in [2.45, 2.75) is 0 Å².